The van der Waals surface area contributed by atoms with E-state index in [0.717, 1.165) is 16.9 Å². The summed E-state index contributed by atoms with van der Waals surface area (Å²) in [5, 5.41) is 0. The van der Waals surface area contributed by atoms with Gasteiger partial charge in [0, 0.05) is 16.6 Å². The minimum atomic E-state index is -0.300. The molecular formula is C22H30O2. The first-order valence-electron chi connectivity index (χ1n) is 8.54. The quantitative estimate of drug-likeness (QED) is 0.719. The van der Waals surface area contributed by atoms with Gasteiger partial charge in [-0.25, -0.2) is 0 Å². The van der Waals surface area contributed by atoms with Gasteiger partial charge in [0.05, 0.1) is 7.11 Å². The third-order valence-electron chi connectivity index (χ3n) is 4.71. The van der Waals surface area contributed by atoms with Gasteiger partial charge in [-0.05, 0) is 35.4 Å². The van der Waals surface area contributed by atoms with Crippen LogP contribution >= 0.6 is 0 Å². The van der Waals surface area contributed by atoms with Gasteiger partial charge >= 0.3 is 0 Å². The topological polar surface area (TPSA) is 26.3 Å². The van der Waals surface area contributed by atoms with Crippen LogP contribution in [0.3, 0.4) is 0 Å². The third kappa shape index (κ3) is 3.48. The molecule has 0 aliphatic heterocycles. The van der Waals surface area contributed by atoms with E-state index in [1.807, 2.05) is 12.1 Å². The lowest BCUT2D eigenvalue weighted by atomic mass is 9.65. The summed E-state index contributed by atoms with van der Waals surface area (Å²) in [5.74, 6) is 1.02. The fraction of sp³-hybridized carbons (Fsp3) is 0.500. The van der Waals surface area contributed by atoms with E-state index in [1.54, 1.807) is 7.11 Å². The maximum atomic E-state index is 13.1. The van der Waals surface area contributed by atoms with Crippen molar-refractivity contribution in [1.29, 1.82) is 0 Å². The van der Waals surface area contributed by atoms with Crippen LogP contribution in [0.5, 0.6) is 5.75 Å². The van der Waals surface area contributed by atoms with Crippen LogP contribution in [0, 0.1) is 10.8 Å². The van der Waals surface area contributed by atoms with E-state index >= 15 is 0 Å². The van der Waals surface area contributed by atoms with Crippen molar-refractivity contribution >= 4 is 5.78 Å². The summed E-state index contributed by atoms with van der Waals surface area (Å²) < 4.78 is 5.27. The van der Waals surface area contributed by atoms with E-state index in [9.17, 15) is 4.79 Å². The van der Waals surface area contributed by atoms with Crippen molar-refractivity contribution < 1.29 is 9.53 Å². The Morgan fingerprint density at radius 3 is 1.58 bits per heavy atom. The van der Waals surface area contributed by atoms with Gasteiger partial charge in [0.25, 0.3) is 0 Å². The number of benzene rings is 1. The fourth-order valence-electron chi connectivity index (χ4n) is 3.15. The normalized spacial score (nSPS) is 18.1. The second kappa shape index (κ2) is 5.91. The van der Waals surface area contributed by atoms with Crippen molar-refractivity contribution in [3.8, 4) is 5.75 Å². The molecule has 1 aromatic carbocycles. The van der Waals surface area contributed by atoms with Crippen LogP contribution in [0.4, 0.5) is 0 Å². The first-order valence-corrected chi connectivity index (χ1v) is 8.54. The van der Waals surface area contributed by atoms with Gasteiger partial charge in [0.15, 0.2) is 5.78 Å². The average molecular weight is 326 g/mol. The molecule has 2 rings (SSSR count). The fourth-order valence-corrected chi connectivity index (χ4v) is 3.15. The van der Waals surface area contributed by atoms with E-state index in [2.05, 4.69) is 72.8 Å². The van der Waals surface area contributed by atoms with Gasteiger partial charge in [0.1, 0.15) is 5.75 Å². The number of Topliss-reactive ketones (excluding diaryl/α,β-unsaturated/α-hetero) is 1. The lowest BCUT2D eigenvalue weighted by Gasteiger charge is -2.37. The summed E-state index contributed by atoms with van der Waals surface area (Å²) in [6.45, 7) is 14.8. The molecule has 2 nitrogen and oxygen atoms in total. The molecule has 0 N–H and O–H groups in total. The highest BCUT2D eigenvalue weighted by atomic mass is 16.5. The lowest BCUT2D eigenvalue weighted by Crippen LogP contribution is -2.34. The minimum Gasteiger partial charge on any atom is -0.497 e. The molecule has 0 saturated heterocycles. The minimum absolute atomic E-state index is 0.181. The average Bonchev–Trinajstić information content (AvgIpc) is 2.47. The number of ether oxygens (including phenoxy) is 1. The Hall–Kier alpha value is -1.83. The summed E-state index contributed by atoms with van der Waals surface area (Å²) in [5.41, 5.74) is 2.29. The molecule has 0 radical (unpaired) electrons. The molecule has 0 heterocycles. The lowest BCUT2D eigenvalue weighted by molar-refractivity contribution is -0.114. The highest BCUT2D eigenvalue weighted by Crippen LogP contribution is 2.44. The standard InChI is InChI=1S/C22H30O2/c1-20(2,3)17-13-22(7,14-18(19(17)23)21(4,5)6)15-9-11-16(24-8)12-10-15/h9-14H,1-8H3. The molecule has 0 atom stereocenters. The smallest absolute Gasteiger partial charge is 0.185 e. The summed E-state index contributed by atoms with van der Waals surface area (Å²) in [4.78, 5) is 13.1. The van der Waals surface area contributed by atoms with Crippen molar-refractivity contribution in [1.82, 2.24) is 0 Å². The van der Waals surface area contributed by atoms with Crippen LogP contribution in [-0.4, -0.2) is 12.9 Å². The number of methoxy groups -OCH3 is 1. The Morgan fingerprint density at radius 2 is 1.25 bits per heavy atom. The summed E-state index contributed by atoms with van der Waals surface area (Å²) in [6.07, 6.45) is 4.29. The zero-order valence-corrected chi connectivity index (χ0v) is 16.3. The van der Waals surface area contributed by atoms with Crippen molar-refractivity contribution in [2.75, 3.05) is 7.11 Å². The van der Waals surface area contributed by atoms with E-state index in [0.29, 0.717) is 0 Å². The molecule has 0 bridgehead atoms. The van der Waals surface area contributed by atoms with Gasteiger partial charge < -0.3 is 4.74 Å². The molecule has 0 spiro atoms. The van der Waals surface area contributed by atoms with Gasteiger partial charge in [-0.1, -0.05) is 65.8 Å². The number of hydrogen-bond acceptors (Lipinski definition) is 2. The number of allylic oxidation sites excluding steroid dienone is 4. The molecule has 1 aliphatic carbocycles. The van der Waals surface area contributed by atoms with Crippen LogP contribution in [0.1, 0.15) is 54.0 Å². The molecule has 0 aromatic heterocycles. The molecule has 130 valence electrons. The first-order chi connectivity index (χ1) is 10.9. The molecule has 0 unspecified atom stereocenters. The van der Waals surface area contributed by atoms with Crippen molar-refractivity contribution in [2.45, 2.75) is 53.9 Å². The van der Waals surface area contributed by atoms with Gasteiger partial charge in [-0.15, -0.1) is 0 Å². The maximum Gasteiger partial charge on any atom is 0.185 e. The monoisotopic (exact) mass is 326 g/mol. The van der Waals surface area contributed by atoms with E-state index < -0.39 is 0 Å². The van der Waals surface area contributed by atoms with Crippen LogP contribution in [-0.2, 0) is 10.2 Å². The van der Waals surface area contributed by atoms with E-state index in [1.165, 1.54) is 5.56 Å². The molecule has 0 fully saturated rings. The highest BCUT2D eigenvalue weighted by molar-refractivity contribution is 6.11. The van der Waals surface area contributed by atoms with Crippen molar-refractivity contribution in [2.24, 2.45) is 10.8 Å². The molecule has 0 saturated carbocycles. The first kappa shape index (κ1) is 18.5. The predicted octanol–water partition coefficient (Wildman–Crippen LogP) is 5.48. The third-order valence-corrected chi connectivity index (χ3v) is 4.71. The van der Waals surface area contributed by atoms with Gasteiger partial charge in [-0.3, -0.25) is 4.79 Å². The Labute approximate surface area is 146 Å². The zero-order valence-electron chi connectivity index (χ0n) is 16.3. The van der Waals surface area contributed by atoms with Crippen LogP contribution < -0.4 is 4.74 Å². The Bertz CT molecular complexity index is 655. The molecule has 1 aliphatic rings. The van der Waals surface area contributed by atoms with Crippen molar-refractivity contribution in [3.05, 3.63) is 53.1 Å². The summed E-state index contributed by atoms with van der Waals surface area (Å²) >= 11 is 0. The zero-order chi connectivity index (χ0) is 18.3. The Kier molecular flexibility index (Phi) is 4.56. The second-order valence-electron chi connectivity index (χ2n) is 8.96. The largest absolute Gasteiger partial charge is 0.497 e. The van der Waals surface area contributed by atoms with E-state index in [-0.39, 0.29) is 22.0 Å². The van der Waals surface area contributed by atoms with Crippen LogP contribution in [0.2, 0.25) is 0 Å². The molecule has 24 heavy (non-hydrogen) atoms. The number of rotatable bonds is 2. The second-order valence-corrected chi connectivity index (χ2v) is 8.96. The molecule has 1 aromatic rings. The maximum absolute atomic E-state index is 13.1. The predicted molar refractivity (Wildman–Crippen MR) is 100 cm³/mol. The van der Waals surface area contributed by atoms with Crippen LogP contribution in [0.25, 0.3) is 0 Å². The molecule has 0 amide bonds. The number of carbonyl (C=O) groups excluding carboxylic acids is 1. The van der Waals surface area contributed by atoms with Crippen molar-refractivity contribution in [3.63, 3.8) is 0 Å². The Morgan fingerprint density at radius 1 is 0.833 bits per heavy atom. The summed E-state index contributed by atoms with van der Waals surface area (Å²) in [6, 6.07) is 8.13. The SMILES string of the molecule is COc1ccc(C2(C)C=C(C(C)(C)C)C(=O)C(C(C)(C)C)=C2)cc1. The van der Waals surface area contributed by atoms with Crippen LogP contribution in [0.15, 0.2) is 47.6 Å². The van der Waals surface area contributed by atoms with Gasteiger partial charge in [-0.2, -0.15) is 0 Å². The molecule has 2 heteroatoms. The number of carbonyl (C=O) groups is 1. The molecular weight excluding hydrogens is 296 g/mol. The highest BCUT2D eigenvalue weighted by Gasteiger charge is 2.39. The summed E-state index contributed by atoms with van der Waals surface area (Å²) in [7, 11) is 1.67. The van der Waals surface area contributed by atoms with E-state index in [4.69, 9.17) is 4.74 Å². The number of hydrogen-bond donors (Lipinski definition) is 0. The Balaban J connectivity index is 2.65. The number of ketones is 1. The van der Waals surface area contributed by atoms with Gasteiger partial charge in [0.2, 0.25) is 0 Å².